The maximum atomic E-state index is 11.6. The number of halogens is 1. The third-order valence-corrected chi connectivity index (χ3v) is 3.86. The Hall–Kier alpha value is -1.94. The largest absolute Gasteiger partial charge is 0.508 e. The number of benzene rings is 2. The lowest BCUT2D eigenvalue weighted by Crippen LogP contribution is -2.47. The van der Waals surface area contributed by atoms with Crippen LogP contribution in [0.3, 0.4) is 0 Å². The van der Waals surface area contributed by atoms with E-state index in [9.17, 15) is 9.90 Å². The first-order chi connectivity index (χ1) is 9.49. The van der Waals surface area contributed by atoms with Crippen LogP contribution in [0.2, 0.25) is 0 Å². The fourth-order valence-corrected chi connectivity index (χ4v) is 2.74. The first-order valence-electron chi connectivity index (χ1n) is 6.63. The molecule has 21 heavy (non-hydrogen) atoms. The summed E-state index contributed by atoms with van der Waals surface area (Å²) in [5.41, 5.74) is 0.458. The zero-order chi connectivity index (χ0) is 14.3. The Kier molecular flexibility index (Phi) is 4.01. The molecule has 3 rings (SSSR count). The summed E-state index contributed by atoms with van der Waals surface area (Å²) in [7, 11) is 0. The Morgan fingerprint density at radius 2 is 1.95 bits per heavy atom. The molecule has 1 aliphatic heterocycles. The van der Waals surface area contributed by atoms with E-state index >= 15 is 0 Å². The van der Waals surface area contributed by atoms with Gasteiger partial charge < -0.3 is 15.2 Å². The van der Waals surface area contributed by atoms with Gasteiger partial charge in [-0.3, -0.25) is 0 Å². The van der Waals surface area contributed by atoms with Gasteiger partial charge in [0.1, 0.15) is 12.4 Å². The van der Waals surface area contributed by atoms with Gasteiger partial charge in [-0.15, -0.1) is 12.4 Å². The maximum absolute atomic E-state index is 11.6. The Labute approximate surface area is 129 Å². The summed E-state index contributed by atoms with van der Waals surface area (Å²) in [6, 6.07) is 11.1. The molecule has 1 fully saturated rings. The highest BCUT2D eigenvalue weighted by molar-refractivity contribution is 5.89. The van der Waals surface area contributed by atoms with Crippen LogP contribution in [0.15, 0.2) is 36.4 Å². The van der Waals surface area contributed by atoms with Crippen LogP contribution in [-0.4, -0.2) is 17.8 Å². The SMILES string of the molecule is CC1(C)COC(=O)N[C@@H]1c1c(O)ccc2ccccc12.Cl. The van der Waals surface area contributed by atoms with Crippen molar-refractivity contribution < 1.29 is 14.6 Å². The number of ether oxygens (including phenoxy) is 1. The fourth-order valence-electron chi connectivity index (χ4n) is 2.74. The van der Waals surface area contributed by atoms with Crippen molar-refractivity contribution in [1.82, 2.24) is 5.32 Å². The molecule has 2 N–H and O–H groups in total. The Balaban J connectivity index is 0.00000161. The molecule has 0 spiro atoms. The van der Waals surface area contributed by atoms with Crippen LogP contribution in [-0.2, 0) is 4.74 Å². The number of rotatable bonds is 1. The van der Waals surface area contributed by atoms with Gasteiger partial charge in [0.2, 0.25) is 0 Å². The molecule has 112 valence electrons. The first kappa shape index (κ1) is 15.4. The number of phenolic OH excluding ortho intramolecular Hbond substituents is 1. The van der Waals surface area contributed by atoms with Crippen LogP contribution in [0.4, 0.5) is 4.79 Å². The van der Waals surface area contributed by atoms with Crippen molar-refractivity contribution in [1.29, 1.82) is 0 Å². The third kappa shape index (κ3) is 2.63. The molecule has 0 saturated carbocycles. The van der Waals surface area contributed by atoms with Gasteiger partial charge in [0, 0.05) is 11.0 Å². The molecule has 0 bridgehead atoms. The topological polar surface area (TPSA) is 58.6 Å². The van der Waals surface area contributed by atoms with Gasteiger partial charge in [-0.25, -0.2) is 4.79 Å². The molecule has 2 aromatic carbocycles. The van der Waals surface area contributed by atoms with E-state index in [2.05, 4.69) is 5.32 Å². The first-order valence-corrected chi connectivity index (χ1v) is 6.63. The molecule has 0 radical (unpaired) electrons. The van der Waals surface area contributed by atoms with Crippen LogP contribution in [0.5, 0.6) is 5.75 Å². The Bertz CT molecular complexity index is 684. The van der Waals surface area contributed by atoms with Crippen molar-refractivity contribution in [3.05, 3.63) is 42.0 Å². The van der Waals surface area contributed by atoms with Crippen molar-refractivity contribution in [2.75, 3.05) is 6.61 Å². The minimum Gasteiger partial charge on any atom is -0.508 e. The number of carbonyl (C=O) groups excluding carboxylic acids is 1. The predicted octanol–water partition coefficient (Wildman–Crippen LogP) is 3.77. The number of aromatic hydroxyl groups is 1. The molecule has 1 aliphatic rings. The van der Waals surface area contributed by atoms with Gasteiger partial charge in [-0.1, -0.05) is 44.2 Å². The van der Waals surface area contributed by atoms with Crippen LogP contribution < -0.4 is 5.32 Å². The van der Waals surface area contributed by atoms with Crippen LogP contribution in [0.25, 0.3) is 10.8 Å². The zero-order valence-electron chi connectivity index (χ0n) is 11.9. The maximum Gasteiger partial charge on any atom is 0.407 e. The van der Waals surface area contributed by atoms with E-state index < -0.39 is 6.09 Å². The zero-order valence-corrected chi connectivity index (χ0v) is 12.7. The second-order valence-electron chi connectivity index (χ2n) is 5.86. The molecule has 5 heteroatoms. The lowest BCUT2D eigenvalue weighted by Gasteiger charge is -2.39. The molecule has 0 aliphatic carbocycles. The minimum absolute atomic E-state index is 0. The number of alkyl carbamates (subject to hydrolysis) is 1. The molecule has 0 aromatic heterocycles. The van der Waals surface area contributed by atoms with E-state index in [1.165, 1.54) is 0 Å². The summed E-state index contributed by atoms with van der Waals surface area (Å²) in [4.78, 5) is 11.6. The number of hydrogen-bond acceptors (Lipinski definition) is 3. The molecular weight excluding hydrogens is 290 g/mol. The highest BCUT2D eigenvalue weighted by atomic mass is 35.5. The summed E-state index contributed by atoms with van der Waals surface area (Å²) in [6.07, 6.45) is -0.443. The molecule has 1 amide bonds. The van der Waals surface area contributed by atoms with Crippen LogP contribution in [0, 0.1) is 5.41 Å². The number of phenols is 1. The standard InChI is InChI=1S/C16H17NO3.ClH/c1-16(2)9-20-15(19)17-14(16)13-11-6-4-3-5-10(11)7-8-12(13)18;/h3-8,14,18H,9H2,1-2H3,(H,17,19);1H/t14-;/m1./s1. The highest BCUT2D eigenvalue weighted by Gasteiger charge is 2.39. The quantitative estimate of drug-likeness (QED) is 0.843. The van der Waals surface area contributed by atoms with Gasteiger partial charge in [0.25, 0.3) is 0 Å². The number of carbonyl (C=O) groups is 1. The van der Waals surface area contributed by atoms with E-state index in [4.69, 9.17) is 4.74 Å². The van der Waals surface area contributed by atoms with Gasteiger partial charge in [-0.05, 0) is 16.8 Å². The van der Waals surface area contributed by atoms with E-state index in [-0.39, 0.29) is 29.6 Å². The second kappa shape index (κ2) is 5.45. The molecular formula is C16H18ClNO3. The average Bonchev–Trinajstić information content (AvgIpc) is 2.42. The molecule has 1 heterocycles. The van der Waals surface area contributed by atoms with Crippen molar-refractivity contribution >= 4 is 29.3 Å². The number of cyclic esters (lactones) is 1. The van der Waals surface area contributed by atoms with E-state index in [0.717, 1.165) is 16.3 Å². The van der Waals surface area contributed by atoms with E-state index in [0.29, 0.717) is 6.61 Å². The summed E-state index contributed by atoms with van der Waals surface area (Å²) in [6.45, 7) is 4.35. The molecule has 0 unspecified atom stereocenters. The Morgan fingerprint density at radius 3 is 2.71 bits per heavy atom. The fraction of sp³-hybridized carbons (Fsp3) is 0.312. The van der Waals surface area contributed by atoms with Gasteiger partial charge in [0.05, 0.1) is 6.04 Å². The number of hydrogen-bond donors (Lipinski definition) is 2. The van der Waals surface area contributed by atoms with Crippen LogP contribution in [0.1, 0.15) is 25.5 Å². The summed E-state index contributed by atoms with van der Waals surface area (Å²) < 4.78 is 5.07. The average molecular weight is 308 g/mol. The number of nitrogens with one attached hydrogen (secondary N) is 1. The lowest BCUT2D eigenvalue weighted by atomic mass is 9.78. The monoisotopic (exact) mass is 307 g/mol. The second-order valence-corrected chi connectivity index (χ2v) is 5.86. The van der Waals surface area contributed by atoms with E-state index in [1.54, 1.807) is 6.07 Å². The minimum atomic E-state index is -0.443. The predicted molar refractivity (Wildman–Crippen MR) is 83.9 cm³/mol. The van der Waals surface area contributed by atoms with Crippen molar-refractivity contribution in [3.8, 4) is 5.75 Å². The number of fused-ring (bicyclic) bond motifs is 1. The summed E-state index contributed by atoms with van der Waals surface area (Å²) in [5, 5.41) is 15.1. The number of amides is 1. The summed E-state index contributed by atoms with van der Waals surface area (Å²) in [5.74, 6) is 0.198. The van der Waals surface area contributed by atoms with Crippen molar-refractivity contribution in [2.45, 2.75) is 19.9 Å². The molecule has 1 atom stereocenters. The van der Waals surface area contributed by atoms with Gasteiger partial charge in [0.15, 0.2) is 0 Å². The summed E-state index contributed by atoms with van der Waals surface area (Å²) >= 11 is 0. The van der Waals surface area contributed by atoms with E-state index in [1.807, 2.05) is 44.2 Å². The molecule has 2 aromatic rings. The van der Waals surface area contributed by atoms with Gasteiger partial charge >= 0.3 is 6.09 Å². The Morgan fingerprint density at radius 1 is 1.24 bits per heavy atom. The van der Waals surface area contributed by atoms with Crippen molar-refractivity contribution in [3.63, 3.8) is 0 Å². The smallest absolute Gasteiger partial charge is 0.407 e. The van der Waals surface area contributed by atoms with Crippen LogP contribution >= 0.6 is 12.4 Å². The third-order valence-electron chi connectivity index (χ3n) is 3.86. The highest BCUT2D eigenvalue weighted by Crippen LogP contribution is 2.43. The van der Waals surface area contributed by atoms with Gasteiger partial charge in [-0.2, -0.15) is 0 Å². The molecule has 1 saturated heterocycles. The normalized spacial score (nSPS) is 20.3. The lowest BCUT2D eigenvalue weighted by molar-refractivity contribution is 0.0385. The van der Waals surface area contributed by atoms with Crippen molar-refractivity contribution in [2.24, 2.45) is 5.41 Å². The molecule has 4 nitrogen and oxygen atoms in total.